The fraction of sp³-hybridized carbons (Fsp3) is 0.238. The lowest BCUT2D eigenvalue weighted by atomic mass is 9.75. The van der Waals surface area contributed by atoms with Crippen molar-refractivity contribution in [2.75, 3.05) is 0 Å². The van der Waals surface area contributed by atoms with Crippen molar-refractivity contribution < 1.29 is 4.79 Å². The molecule has 3 aromatic rings. The van der Waals surface area contributed by atoms with Crippen LogP contribution in [0.4, 0.5) is 0 Å². The van der Waals surface area contributed by atoms with Crippen LogP contribution in [0.15, 0.2) is 35.1 Å². The number of carbonyl (C=O) groups is 1. The van der Waals surface area contributed by atoms with Crippen LogP contribution in [0.3, 0.4) is 0 Å². The number of aromatic nitrogens is 3. The number of hydrogen-bond acceptors (Lipinski definition) is 7. The first-order valence-electron chi connectivity index (χ1n) is 9.08. The van der Waals surface area contributed by atoms with Gasteiger partial charge in [0.1, 0.15) is 17.1 Å². The third-order valence-electron chi connectivity index (χ3n) is 4.94. The Bertz CT molecular complexity index is 1400. The molecule has 7 nitrogen and oxygen atoms in total. The number of fused-ring (bicyclic) bond motifs is 1. The minimum absolute atomic E-state index is 0.0204. The second-order valence-corrected chi connectivity index (χ2v) is 9.14. The van der Waals surface area contributed by atoms with Gasteiger partial charge in [0.15, 0.2) is 5.78 Å². The number of para-hydroxylation sites is 1. The van der Waals surface area contributed by atoms with Crippen LogP contribution in [0.1, 0.15) is 46.8 Å². The molecule has 0 amide bonds. The fourth-order valence-corrected chi connectivity index (χ4v) is 5.19. The van der Waals surface area contributed by atoms with E-state index in [1.54, 1.807) is 30.3 Å². The highest BCUT2D eigenvalue weighted by molar-refractivity contribution is 7.71. The molecule has 0 fully saturated rings. The lowest BCUT2D eigenvalue weighted by molar-refractivity contribution is 0.0917. The molecule has 2 aromatic heterocycles. The minimum atomic E-state index is -0.637. The first kappa shape index (κ1) is 19.9. The Kier molecular flexibility index (Phi) is 4.73. The SMILES string of the molecule is CC1(C)CC(=O)c2sc(-n3nc(C#N)c(=O)n(-c4ccccc4)c3=S)c(C#N)c2C1. The predicted octanol–water partition coefficient (Wildman–Crippen LogP) is 3.71. The molecule has 148 valence electrons. The molecule has 0 atom stereocenters. The number of nitriles is 2. The van der Waals surface area contributed by atoms with Crippen LogP contribution in [0.2, 0.25) is 0 Å². The Labute approximate surface area is 181 Å². The number of ketones is 1. The average Bonchev–Trinajstić information content (AvgIpc) is 3.06. The molecule has 1 aromatic carbocycles. The van der Waals surface area contributed by atoms with Crippen LogP contribution < -0.4 is 5.56 Å². The Morgan fingerprint density at radius 1 is 1.13 bits per heavy atom. The van der Waals surface area contributed by atoms with Gasteiger partial charge >= 0.3 is 0 Å². The standard InChI is InChI=1S/C21H15N5O2S2/c1-21(2)8-13-14(10-22)19(30-17(13)16(27)9-21)26-20(29)25(12-6-4-3-5-7-12)18(28)15(11-23)24-26/h3-7H,8-9H2,1-2H3. The number of nitrogens with zero attached hydrogens (tertiary/aromatic N) is 5. The van der Waals surface area contributed by atoms with Crippen LogP contribution >= 0.6 is 23.6 Å². The molecule has 0 saturated carbocycles. The predicted molar refractivity (Wildman–Crippen MR) is 114 cm³/mol. The summed E-state index contributed by atoms with van der Waals surface area (Å²) in [6.45, 7) is 3.97. The lowest BCUT2D eigenvalue weighted by Crippen LogP contribution is -2.28. The second kappa shape index (κ2) is 7.13. The van der Waals surface area contributed by atoms with Crippen molar-refractivity contribution >= 4 is 29.3 Å². The van der Waals surface area contributed by atoms with E-state index in [1.807, 2.05) is 19.9 Å². The lowest BCUT2D eigenvalue weighted by Gasteiger charge is -2.28. The molecule has 0 radical (unpaired) electrons. The summed E-state index contributed by atoms with van der Waals surface area (Å²) in [7, 11) is 0. The number of benzene rings is 1. The highest BCUT2D eigenvalue weighted by Crippen LogP contribution is 2.42. The summed E-state index contributed by atoms with van der Waals surface area (Å²) in [5.41, 5.74) is 0.220. The second-order valence-electron chi connectivity index (χ2n) is 7.77. The van der Waals surface area contributed by atoms with E-state index in [0.717, 1.165) is 11.3 Å². The van der Waals surface area contributed by atoms with Gasteiger partial charge < -0.3 is 0 Å². The first-order chi connectivity index (χ1) is 14.3. The van der Waals surface area contributed by atoms with E-state index in [0.29, 0.717) is 39.5 Å². The highest BCUT2D eigenvalue weighted by atomic mass is 32.1. The monoisotopic (exact) mass is 433 g/mol. The molecule has 0 spiro atoms. The van der Waals surface area contributed by atoms with E-state index >= 15 is 0 Å². The molecule has 0 saturated heterocycles. The van der Waals surface area contributed by atoms with Gasteiger partial charge in [-0.15, -0.1) is 16.4 Å². The molecular weight excluding hydrogens is 418 g/mol. The molecule has 2 heterocycles. The smallest absolute Gasteiger partial charge is 0.293 e. The van der Waals surface area contributed by atoms with Crippen molar-refractivity contribution in [3.05, 3.63) is 67.2 Å². The van der Waals surface area contributed by atoms with Gasteiger partial charge in [-0.1, -0.05) is 32.0 Å². The summed E-state index contributed by atoms with van der Waals surface area (Å²) in [4.78, 5) is 26.0. The zero-order chi connectivity index (χ0) is 21.6. The Hall–Kier alpha value is -3.40. The molecule has 1 aliphatic carbocycles. The van der Waals surface area contributed by atoms with Crippen LogP contribution in [-0.2, 0) is 6.42 Å². The third-order valence-corrected chi connectivity index (χ3v) is 6.54. The molecule has 0 N–H and O–H groups in total. The van der Waals surface area contributed by atoms with Crippen LogP contribution in [0.25, 0.3) is 10.7 Å². The molecule has 0 unspecified atom stereocenters. The van der Waals surface area contributed by atoms with Crippen LogP contribution in [0.5, 0.6) is 0 Å². The molecule has 0 bridgehead atoms. The van der Waals surface area contributed by atoms with E-state index < -0.39 is 5.56 Å². The van der Waals surface area contributed by atoms with Crippen molar-refractivity contribution in [3.63, 3.8) is 0 Å². The maximum atomic E-state index is 12.8. The molecular formula is C21H15N5O2S2. The number of thiophene rings is 1. The summed E-state index contributed by atoms with van der Waals surface area (Å²) in [6.07, 6.45) is 0.959. The van der Waals surface area contributed by atoms with E-state index in [9.17, 15) is 20.1 Å². The summed E-state index contributed by atoms with van der Waals surface area (Å²) >= 11 is 6.67. The van der Waals surface area contributed by atoms with Gasteiger partial charge in [0.05, 0.1) is 16.1 Å². The van der Waals surface area contributed by atoms with Crippen LogP contribution in [0, 0.1) is 32.8 Å². The number of carbonyl (C=O) groups excluding carboxylic acids is 1. The van der Waals surface area contributed by atoms with Gasteiger partial charge in [-0.3, -0.25) is 9.59 Å². The maximum absolute atomic E-state index is 12.8. The fourth-order valence-electron chi connectivity index (χ4n) is 3.65. The summed E-state index contributed by atoms with van der Waals surface area (Å²) < 4.78 is 2.49. The van der Waals surface area contributed by atoms with E-state index in [1.165, 1.54) is 9.25 Å². The van der Waals surface area contributed by atoms with Gasteiger partial charge in [0, 0.05) is 6.42 Å². The van der Waals surface area contributed by atoms with Crippen molar-refractivity contribution in [2.24, 2.45) is 5.41 Å². The summed E-state index contributed by atoms with van der Waals surface area (Å²) in [6, 6.07) is 12.7. The van der Waals surface area contributed by atoms with Gasteiger partial charge in [-0.05, 0) is 41.7 Å². The average molecular weight is 434 g/mol. The topological polar surface area (TPSA) is 104 Å². The Balaban J connectivity index is 2.06. The van der Waals surface area contributed by atoms with Crippen molar-refractivity contribution in [3.8, 4) is 22.8 Å². The van der Waals surface area contributed by atoms with Gasteiger partial charge in [0.25, 0.3) is 5.56 Å². The summed E-state index contributed by atoms with van der Waals surface area (Å²) in [5.74, 6) is -0.0302. The number of Topliss-reactive ketones (excluding diaryl/α,β-unsaturated/α-hetero) is 1. The molecule has 1 aliphatic rings. The van der Waals surface area contributed by atoms with Gasteiger partial charge in [-0.2, -0.15) is 15.2 Å². The van der Waals surface area contributed by atoms with Gasteiger partial charge in [0.2, 0.25) is 10.5 Å². The van der Waals surface area contributed by atoms with Crippen molar-refractivity contribution in [1.29, 1.82) is 10.5 Å². The van der Waals surface area contributed by atoms with E-state index in [-0.39, 0.29) is 21.7 Å². The zero-order valence-electron chi connectivity index (χ0n) is 16.2. The van der Waals surface area contributed by atoms with Crippen molar-refractivity contribution in [2.45, 2.75) is 26.7 Å². The first-order valence-corrected chi connectivity index (χ1v) is 10.3. The highest BCUT2D eigenvalue weighted by Gasteiger charge is 2.36. The van der Waals surface area contributed by atoms with Crippen molar-refractivity contribution in [1.82, 2.24) is 14.3 Å². The van der Waals surface area contributed by atoms with Gasteiger partial charge in [-0.25, -0.2) is 4.57 Å². The largest absolute Gasteiger partial charge is 0.296 e. The minimum Gasteiger partial charge on any atom is -0.293 e. The molecule has 4 rings (SSSR count). The summed E-state index contributed by atoms with van der Waals surface area (Å²) in [5, 5.41) is 23.8. The third kappa shape index (κ3) is 3.09. The number of hydrogen-bond donors (Lipinski definition) is 0. The number of rotatable bonds is 2. The normalized spacial score (nSPS) is 14.6. The Morgan fingerprint density at radius 2 is 1.83 bits per heavy atom. The van der Waals surface area contributed by atoms with Crippen LogP contribution in [-0.4, -0.2) is 20.1 Å². The quantitative estimate of drug-likeness (QED) is 0.571. The maximum Gasteiger partial charge on any atom is 0.296 e. The molecule has 9 heteroatoms. The Morgan fingerprint density at radius 3 is 2.47 bits per heavy atom. The molecule has 30 heavy (non-hydrogen) atoms. The zero-order valence-corrected chi connectivity index (χ0v) is 17.8. The van der Waals surface area contributed by atoms with E-state index in [4.69, 9.17) is 12.2 Å². The molecule has 0 aliphatic heterocycles. The van der Waals surface area contributed by atoms with E-state index in [2.05, 4.69) is 11.2 Å².